The lowest BCUT2D eigenvalue weighted by Gasteiger charge is -2.13. The highest BCUT2D eigenvalue weighted by Gasteiger charge is 2.06. The van der Waals surface area contributed by atoms with Gasteiger partial charge in [0.2, 0.25) is 0 Å². The zero-order chi connectivity index (χ0) is 13.8. The number of aromatic amines is 1. The number of benzene rings is 1. The molecule has 3 rings (SSSR count). The first-order valence-electron chi connectivity index (χ1n) is 6.48. The Morgan fingerprint density at radius 3 is 2.75 bits per heavy atom. The summed E-state index contributed by atoms with van der Waals surface area (Å²) < 4.78 is 1.80. The second-order valence-corrected chi connectivity index (χ2v) is 4.67. The maximum Gasteiger partial charge on any atom is 0.137 e. The topological polar surface area (TPSA) is 71.4 Å². The van der Waals surface area contributed by atoms with Gasteiger partial charge in [-0.3, -0.25) is 5.10 Å². The molecule has 6 heteroatoms. The Labute approximate surface area is 116 Å². The molecule has 0 fully saturated rings. The van der Waals surface area contributed by atoms with E-state index in [0.29, 0.717) is 0 Å². The third kappa shape index (κ3) is 2.85. The molecule has 0 bridgehead atoms. The Kier molecular flexibility index (Phi) is 3.45. The summed E-state index contributed by atoms with van der Waals surface area (Å²) in [6.07, 6.45) is 5.02. The van der Waals surface area contributed by atoms with Gasteiger partial charge in [0.05, 0.1) is 18.3 Å². The Morgan fingerprint density at radius 1 is 1.25 bits per heavy atom. The van der Waals surface area contributed by atoms with Crippen LogP contribution in [0.15, 0.2) is 49.2 Å². The van der Waals surface area contributed by atoms with Crippen LogP contribution in [0.25, 0.3) is 0 Å². The molecule has 0 amide bonds. The van der Waals surface area contributed by atoms with E-state index in [4.69, 9.17) is 0 Å². The number of hydrogen-bond donors (Lipinski definition) is 2. The van der Waals surface area contributed by atoms with Gasteiger partial charge in [-0.05, 0) is 30.7 Å². The number of nitrogens with one attached hydrogen (secondary N) is 2. The summed E-state index contributed by atoms with van der Waals surface area (Å²) >= 11 is 0. The lowest BCUT2D eigenvalue weighted by Crippen LogP contribution is -2.07. The third-order valence-electron chi connectivity index (χ3n) is 3.14. The third-order valence-corrected chi connectivity index (χ3v) is 3.14. The summed E-state index contributed by atoms with van der Waals surface area (Å²) in [7, 11) is 0. The van der Waals surface area contributed by atoms with E-state index >= 15 is 0 Å². The Hall–Kier alpha value is -2.63. The van der Waals surface area contributed by atoms with Crippen LogP contribution in [0.2, 0.25) is 0 Å². The minimum atomic E-state index is 0.193. The largest absolute Gasteiger partial charge is 0.377 e. The molecule has 0 saturated heterocycles. The number of rotatable bonds is 5. The van der Waals surface area contributed by atoms with Gasteiger partial charge in [-0.25, -0.2) is 9.67 Å². The second-order valence-electron chi connectivity index (χ2n) is 4.67. The average molecular weight is 268 g/mol. The van der Waals surface area contributed by atoms with Crippen molar-refractivity contribution in [3.05, 3.63) is 60.4 Å². The number of anilines is 1. The molecule has 0 aliphatic carbocycles. The zero-order valence-corrected chi connectivity index (χ0v) is 11.2. The number of H-pyrrole nitrogens is 1. The molecule has 0 radical (unpaired) electrons. The standard InChI is InChI=1S/C14H16N6/c1-11(14-6-7-16-19-14)18-13-4-2-12(3-5-13)8-20-10-15-9-17-20/h2-7,9-11,18H,8H2,1H3,(H,16,19). The van der Waals surface area contributed by atoms with E-state index in [1.54, 1.807) is 23.5 Å². The Bertz CT molecular complexity index is 627. The first-order valence-corrected chi connectivity index (χ1v) is 6.48. The molecular weight excluding hydrogens is 252 g/mol. The lowest BCUT2D eigenvalue weighted by atomic mass is 10.2. The van der Waals surface area contributed by atoms with E-state index in [1.807, 2.05) is 6.07 Å². The predicted molar refractivity (Wildman–Crippen MR) is 76.2 cm³/mol. The summed E-state index contributed by atoms with van der Waals surface area (Å²) in [4.78, 5) is 3.93. The monoisotopic (exact) mass is 268 g/mol. The molecule has 0 saturated carbocycles. The van der Waals surface area contributed by atoms with Gasteiger partial charge in [0.25, 0.3) is 0 Å². The minimum absolute atomic E-state index is 0.193. The first kappa shape index (κ1) is 12.4. The van der Waals surface area contributed by atoms with Crippen LogP contribution in [0.3, 0.4) is 0 Å². The zero-order valence-electron chi connectivity index (χ0n) is 11.2. The van der Waals surface area contributed by atoms with Crippen molar-refractivity contribution in [2.75, 3.05) is 5.32 Å². The van der Waals surface area contributed by atoms with Crippen LogP contribution in [-0.2, 0) is 6.54 Å². The number of hydrogen-bond acceptors (Lipinski definition) is 4. The number of nitrogens with zero attached hydrogens (tertiary/aromatic N) is 4. The Morgan fingerprint density at radius 2 is 2.10 bits per heavy atom. The van der Waals surface area contributed by atoms with E-state index in [9.17, 15) is 0 Å². The summed E-state index contributed by atoms with van der Waals surface area (Å²) in [5.74, 6) is 0. The molecule has 2 heterocycles. The van der Waals surface area contributed by atoms with Crippen molar-refractivity contribution in [2.24, 2.45) is 0 Å². The highest BCUT2D eigenvalue weighted by atomic mass is 15.3. The van der Waals surface area contributed by atoms with Crippen molar-refractivity contribution in [1.29, 1.82) is 0 Å². The summed E-state index contributed by atoms with van der Waals surface area (Å²) in [5, 5.41) is 14.4. The van der Waals surface area contributed by atoms with E-state index in [-0.39, 0.29) is 6.04 Å². The molecule has 1 aromatic carbocycles. The quantitative estimate of drug-likeness (QED) is 0.744. The van der Waals surface area contributed by atoms with Crippen LogP contribution in [0.1, 0.15) is 24.2 Å². The molecule has 6 nitrogen and oxygen atoms in total. The van der Waals surface area contributed by atoms with Gasteiger partial charge < -0.3 is 5.32 Å². The van der Waals surface area contributed by atoms with Gasteiger partial charge in [0.1, 0.15) is 12.7 Å². The summed E-state index contributed by atoms with van der Waals surface area (Å²) in [6, 6.07) is 10.5. The Balaban J connectivity index is 1.64. The summed E-state index contributed by atoms with van der Waals surface area (Å²) in [5.41, 5.74) is 3.33. The maximum absolute atomic E-state index is 4.09. The highest BCUT2D eigenvalue weighted by Crippen LogP contribution is 2.17. The predicted octanol–water partition coefficient (Wildman–Crippen LogP) is 2.22. The van der Waals surface area contributed by atoms with Crippen LogP contribution in [0.5, 0.6) is 0 Å². The number of aromatic nitrogens is 5. The molecule has 0 spiro atoms. The van der Waals surface area contributed by atoms with Crippen LogP contribution in [0.4, 0.5) is 5.69 Å². The van der Waals surface area contributed by atoms with Gasteiger partial charge in [-0.15, -0.1) is 0 Å². The fourth-order valence-electron chi connectivity index (χ4n) is 2.04. The van der Waals surface area contributed by atoms with Gasteiger partial charge in [-0.2, -0.15) is 10.2 Å². The van der Waals surface area contributed by atoms with Gasteiger partial charge in [0.15, 0.2) is 0 Å². The highest BCUT2D eigenvalue weighted by molar-refractivity contribution is 5.46. The molecule has 1 unspecified atom stereocenters. The van der Waals surface area contributed by atoms with Crippen LogP contribution < -0.4 is 5.32 Å². The maximum atomic E-state index is 4.09. The fraction of sp³-hybridized carbons (Fsp3) is 0.214. The normalized spacial score (nSPS) is 12.2. The van der Waals surface area contributed by atoms with Gasteiger partial charge >= 0.3 is 0 Å². The van der Waals surface area contributed by atoms with Crippen molar-refractivity contribution in [2.45, 2.75) is 19.5 Å². The van der Waals surface area contributed by atoms with E-state index in [2.05, 4.69) is 56.8 Å². The molecule has 102 valence electrons. The molecule has 1 atom stereocenters. The molecule has 3 aromatic rings. The molecule has 20 heavy (non-hydrogen) atoms. The first-order chi connectivity index (χ1) is 9.81. The molecule has 0 aliphatic rings. The van der Waals surface area contributed by atoms with Crippen molar-refractivity contribution in [3.63, 3.8) is 0 Å². The minimum Gasteiger partial charge on any atom is -0.377 e. The second kappa shape index (κ2) is 5.56. The van der Waals surface area contributed by atoms with Crippen molar-refractivity contribution in [1.82, 2.24) is 25.0 Å². The van der Waals surface area contributed by atoms with Crippen molar-refractivity contribution < 1.29 is 0 Å². The van der Waals surface area contributed by atoms with E-state index < -0.39 is 0 Å². The van der Waals surface area contributed by atoms with E-state index in [1.165, 1.54) is 5.56 Å². The van der Waals surface area contributed by atoms with Gasteiger partial charge in [0, 0.05) is 11.9 Å². The SMILES string of the molecule is CC(Nc1ccc(Cn2cncn2)cc1)c1ccn[nH]1. The average Bonchev–Trinajstić information content (AvgIpc) is 3.13. The molecule has 2 N–H and O–H groups in total. The molecular formula is C14H16N6. The summed E-state index contributed by atoms with van der Waals surface area (Å²) in [6.45, 7) is 2.83. The van der Waals surface area contributed by atoms with Crippen LogP contribution >= 0.6 is 0 Å². The van der Waals surface area contributed by atoms with Gasteiger partial charge in [-0.1, -0.05) is 12.1 Å². The van der Waals surface area contributed by atoms with Crippen molar-refractivity contribution >= 4 is 5.69 Å². The lowest BCUT2D eigenvalue weighted by molar-refractivity contribution is 0.685. The van der Waals surface area contributed by atoms with Crippen LogP contribution in [-0.4, -0.2) is 25.0 Å². The fourth-order valence-corrected chi connectivity index (χ4v) is 2.04. The molecule has 2 aromatic heterocycles. The van der Waals surface area contributed by atoms with Crippen molar-refractivity contribution in [3.8, 4) is 0 Å². The van der Waals surface area contributed by atoms with E-state index in [0.717, 1.165) is 17.9 Å². The van der Waals surface area contributed by atoms with Crippen LogP contribution in [0, 0.1) is 0 Å². The molecule has 0 aliphatic heterocycles. The smallest absolute Gasteiger partial charge is 0.137 e.